The van der Waals surface area contributed by atoms with Crippen LogP contribution in [0.5, 0.6) is 11.5 Å². The molecule has 2 rings (SSSR count). The predicted octanol–water partition coefficient (Wildman–Crippen LogP) is 2.69. The summed E-state index contributed by atoms with van der Waals surface area (Å²) >= 11 is 0. The van der Waals surface area contributed by atoms with Gasteiger partial charge in [-0.2, -0.15) is 0 Å². The molecule has 0 aliphatic heterocycles. The van der Waals surface area contributed by atoms with Crippen LogP contribution in [0.3, 0.4) is 0 Å². The van der Waals surface area contributed by atoms with E-state index < -0.39 is 0 Å². The van der Waals surface area contributed by atoms with E-state index >= 15 is 0 Å². The van der Waals surface area contributed by atoms with Crippen LogP contribution in [-0.4, -0.2) is 24.7 Å². The van der Waals surface area contributed by atoms with E-state index in [0.717, 1.165) is 11.8 Å². The smallest absolute Gasteiger partial charge is 0.251 e. The van der Waals surface area contributed by atoms with Gasteiger partial charge in [-0.25, -0.2) is 0 Å². The number of phenols is 1. The summed E-state index contributed by atoms with van der Waals surface area (Å²) in [4.78, 5) is 11.9. The first-order valence-electron chi connectivity index (χ1n) is 6.24. The molecule has 100 valence electrons. The standard InChI is InChI=1S/C15H17NO3/c1-3-6-16-15(18)11-7-10-4-5-12(19-2)9-13(10)14(17)8-11/h4-5,7-9,17H,3,6H2,1-2H3,(H,16,18). The van der Waals surface area contributed by atoms with Crippen molar-refractivity contribution in [2.45, 2.75) is 13.3 Å². The van der Waals surface area contributed by atoms with Crippen LogP contribution in [0.15, 0.2) is 30.3 Å². The zero-order valence-electron chi connectivity index (χ0n) is 11.1. The van der Waals surface area contributed by atoms with Crippen LogP contribution in [0.2, 0.25) is 0 Å². The maximum atomic E-state index is 11.9. The molecule has 0 bridgehead atoms. The van der Waals surface area contributed by atoms with Crippen LogP contribution < -0.4 is 10.1 Å². The van der Waals surface area contributed by atoms with Crippen LogP contribution in [0.4, 0.5) is 0 Å². The van der Waals surface area contributed by atoms with E-state index in [2.05, 4.69) is 5.32 Å². The van der Waals surface area contributed by atoms with E-state index in [-0.39, 0.29) is 11.7 Å². The van der Waals surface area contributed by atoms with Gasteiger partial charge in [0, 0.05) is 17.5 Å². The van der Waals surface area contributed by atoms with Gasteiger partial charge >= 0.3 is 0 Å². The molecule has 2 aromatic carbocycles. The minimum Gasteiger partial charge on any atom is -0.507 e. The summed E-state index contributed by atoms with van der Waals surface area (Å²) in [5, 5.41) is 14.3. The Balaban J connectivity index is 2.41. The van der Waals surface area contributed by atoms with E-state index in [1.807, 2.05) is 13.0 Å². The highest BCUT2D eigenvalue weighted by Gasteiger charge is 2.10. The summed E-state index contributed by atoms with van der Waals surface area (Å²) in [6, 6.07) is 8.62. The zero-order valence-corrected chi connectivity index (χ0v) is 11.1. The number of ether oxygens (including phenoxy) is 1. The van der Waals surface area contributed by atoms with Crippen LogP contribution >= 0.6 is 0 Å². The number of aromatic hydroxyl groups is 1. The van der Waals surface area contributed by atoms with Gasteiger partial charge in [0.1, 0.15) is 11.5 Å². The van der Waals surface area contributed by atoms with E-state index in [9.17, 15) is 9.90 Å². The van der Waals surface area contributed by atoms with Gasteiger partial charge in [0.15, 0.2) is 0 Å². The second kappa shape index (κ2) is 5.61. The van der Waals surface area contributed by atoms with Crippen LogP contribution in [-0.2, 0) is 0 Å². The lowest BCUT2D eigenvalue weighted by molar-refractivity contribution is 0.0953. The maximum Gasteiger partial charge on any atom is 0.251 e. The molecule has 0 saturated heterocycles. The molecule has 0 radical (unpaired) electrons. The minimum absolute atomic E-state index is 0.0815. The topological polar surface area (TPSA) is 58.6 Å². The molecule has 4 heteroatoms. The Morgan fingerprint density at radius 3 is 2.79 bits per heavy atom. The summed E-state index contributed by atoms with van der Waals surface area (Å²) in [5.74, 6) is 0.582. The van der Waals surface area contributed by atoms with Crippen molar-refractivity contribution in [2.24, 2.45) is 0 Å². The second-order valence-corrected chi connectivity index (χ2v) is 4.34. The van der Waals surface area contributed by atoms with Crippen molar-refractivity contribution in [3.63, 3.8) is 0 Å². The third-order valence-corrected chi connectivity index (χ3v) is 2.94. The lowest BCUT2D eigenvalue weighted by Gasteiger charge is -2.08. The monoisotopic (exact) mass is 259 g/mol. The van der Waals surface area contributed by atoms with Gasteiger partial charge in [-0.15, -0.1) is 0 Å². The minimum atomic E-state index is -0.171. The molecule has 0 saturated carbocycles. The SMILES string of the molecule is CCCNC(=O)c1cc(O)c2cc(OC)ccc2c1. The number of benzene rings is 2. The molecule has 0 aromatic heterocycles. The summed E-state index contributed by atoms with van der Waals surface area (Å²) in [6.07, 6.45) is 0.877. The number of methoxy groups -OCH3 is 1. The Kier molecular flexibility index (Phi) is 3.90. The lowest BCUT2D eigenvalue weighted by atomic mass is 10.0. The summed E-state index contributed by atoms with van der Waals surface area (Å²) in [7, 11) is 1.57. The first kappa shape index (κ1) is 13.2. The number of fused-ring (bicyclic) bond motifs is 1. The summed E-state index contributed by atoms with van der Waals surface area (Å²) in [6.45, 7) is 2.62. The Morgan fingerprint density at radius 2 is 2.11 bits per heavy atom. The van der Waals surface area contributed by atoms with Crippen molar-refractivity contribution in [2.75, 3.05) is 13.7 Å². The van der Waals surface area contributed by atoms with Crippen molar-refractivity contribution in [3.8, 4) is 11.5 Å². The van der Waals surface area contributed by atoms with Gasteiger partial charge in [0.05, 0.1) is 7.11 Å². The summed E-state index contributed by atoms with van der Waals surface area (Å²) < 4.78 is 5.12. The predicted molar refractivity (Wildman–Crippen MR) is 74.8 cm³/mol. The third kappa shape index (κ3) is 2.78. The normalized spacial score (nSPS) is 10.4. The molecular formula is C15H17NO3. The Morgan fingerprint density at radius 1 is 1.32 bits per heavy atom. The molecule has 2 aromatic rings. The number of amides is 1. The first-order chi connectivity index (χ1) is 9.15. The van der Waals surface area contributed by atoms with Crippen molar-refractivity contribution in [3.05, 3.63) is 35.9 Å². The van der Waals surface area contributed by atoms with Gasteiger partial charge in [0.2, 0.25) is 0 Å². The molecule has 0 fully saturated rings. The maximum absolute atomic E-state index is 11.9. The molecule has 1 amide bonds. The number of nitrogens with one attached hydrogen (secondary N) is 1. The van der Waals surface area contributed by atoms with Crippen molar-refractivity contribution >= 4 is 16.7 Å². The van der Waals surface area contributed by atoms with Crippen molar-refractivity contribution < 1.29 is 14.6 Å². The molecule has 0 atom stereocenters. The number of rotatable bonds is 4. The third-order valence-electron chi connectivity index (χ3n) is 2.94. The number of carbonyl (C=O) groups is 1. The highest BCUT2D eigenvalue weighted by atomic mass is 16.5. The Hall–Kier alpha value is -2.23. The molecule has 0 heterocycles. The second-order valence-electron chi connectivity index (χ2n) is 4.34. The molecule has 0 aliphatic carbocycles. The van der Waals surface area contributed by atoms with E-state index in [4.69, 9.17) is 4.74 Å². The molecule has 2 N–H and O–H groups in total. The zero-order chi connectivity index (χ0) is 13.8. The van der Waals surface area contributed by atoms with Gasteiger partial charge in [-0.3, -0.25) is 4.79 Å². The fourth-order valence-corrected chi connectivity index (χ4v) is 1.92. The molecule has 4 nitrogen and oxygen atoms in total. The number of hydrogen-bond acceptors (Lipinski definition) is 3. The van der Waals surface area contributed by atoms with Crippen LogP contribution in [0.25, 0.3) is 10.8 Å². The van der Waals surface area contributed by atoms with Gasteiger partial charge in [-0.1, -0.05) is 13.0 Å². The Labute approximate surface area is 112 Å². The molecule has 0 aliphatic rings. The van der Waals surface area contributed by atoms with Gasteiger partial charge in [0.25, 0.3) is 5.91 Å². The quantitative estimate of drug-likeness (QED) is 0.887. The molecule has 0 unspecified atom stereocenters. The van der Waals surface area contributed by atoms with E-state index in [1.165, 1.54) is 6.07 Å². The van der Waals surface area contributed by atoms with Crippen molar-refractivity contribution in [1.29, 1.82) is 0 Å². The van der Waals surface area contributed by atoms with E-state index in [0.29, 0.717) is 23.2 Å². The summed E-state index contributed by atoms with van der Waals surface area (Å²) in [5.41, 5.74) is 0.462. The first-order valence-corrected chi connectivity index (χ1v) is 6.24. The molecule has 0 spiro atoms. The lowest BCUT2D eigenvalue weighted by Crippen LogP contribution is -2.23. The van der Waals surface area contributed by atoms with Crippen molar-refractivity contribution in [1.82, 2.24) is 5.32 Å². The van der Waals surface area contributed by atoms with Crippen LogP contribution in [0.1, 0.15) is 23.7 Å². The average molecular weight is 259 g/mol. The highest BCUT2D eigenvalue weighted by Crippen LogP contribution is 2.29. The van der Waals surface area contributed by atoms with Gasteiger partial charge in [-0.05, 0) is 36.1 Å². The average Bonchev–Trinajstić information content (AvgIpc) is 2.44. The van der Waals surface area contributed by atoms with Gasteiger partial charge < -0.3 is 15.2 Å². The Bertz CT molecular complexity index is 608. The largest absolute Gasteiger partial charge is 0.507 e. The number of carbonyl (C=O) groups excluding carboxylic acids is 1. The number of phenolic OH excluding ortho intramolecular Hbond substituents is 1. The number of hydrogen-bond donors (Lipinski definition) is 2. The van der Waals surface area contributed by atoms with E-state index in [1.54, 1.807) is 25.3 Å². The fraction of sp³-hybridized carbons (Fsp3) is 0.267. The highest BCUT2D eigenvalue weighted by molar-refractivity contribution is 6.01. The fourth-order valence-electron chi connectivity index (χ4n) is 1.92. The molecule has 19 heavy (non-hydrogen) atoms. The molecular weight excluding hydrogens is 242 g/mol. The van der Waals surface area contributed by atoms with Crippen LogP contribution in [0, 0.1) is 0 Å².